The number of carbonyl (C=O) groups is 3. The number of benzene rings is 3. The van der Waals surface area contributed by atoms with Crippen molar-refractivity contribution in [1.29, 1.82) is 0 Å². The van der Waals surface area contributed by atoms with Gasteiger partial charge in [0.05, 0.1) is 28.8 Å². The zero-order chi connectivity index (χ0) is 29.7. The molecule has 2 N–H and O–H groups in total. The number of aliphatic carboxylic acids is 1. The highest BCUT2D eigenvalue weighted by Crippen LogP contribution is 2.28. The fraction of sp³-hybridized carbons (Fsp3) is 0.276. The van der Waals surface area contributed by atoms with E-state index in [0.29, 0.717) is 16.1 Å². The number of hydrogen-bond acceptors (Lipinski definition) is 5. The molecule has 2 atom stereocenters. The van der Waals surface area contributed by atoms with E-state index in [9.17, 15) is 27.9 Å². The van der Waals surface area contributed by atoms with Crippen molar-refractivity contribution in [3.63, 3.8) is 0 Å². The van der Waals surface area contributed by atoms with E-state index in [2.05, 4.69) is 5.32 Å². The average molecular weight is 619 g/mol. The van der Waals surface area contributed by atoms with Gasteiger partial charge in [-0.05, 0) is 42.7 Å². The Morgan fingerprint density at radius 3 is 2.39 bits per heavy atom. The lowest BCUT2D eigenvalue weighted by Crippen LogP contribution is -2.63. The highest BCUT2D eigenvalue weighted by Gasteiger charge is 2.44. The van der Waals surface area contributed by atoms with Crippen LogP contribution >= 0.6 is 23.2 Å². The third-order valence-electron chi connectivity index (χ3n) is 6.69. The van der Waals surface area contributed by atoms with E-state index in [4.69, 9.17) is 23.2 Å². The first kappa shape index (κ1) is 30.5. The number of nitrogens with one attached hydrogen (secondary N) is 1. The summed E-state index contributed by atoms with van der Waals surface area (Å²) in [6, 6.07) is 18.8. The topological polar surface area (TPSA) is 124 Å². The van der Waals surface area contributed by atoms with Crippen LogP contribution in [0, 0.1) is 6.92 Å². The van der Waals surface area contributed by atoms with Crippen LogP contribution in [0.3, 0.4) is 0 Å². The van der Waals surface area contributed by atoms with Crippen LogP contribution < -0.4 is 5.32 Å². The molecule has 1 heterocycles. The zero-order valence-corrected chi connectivity index (χ0v) is 24.5. The first-order valence-corrected chi connectivity index (χ1v) is 15.2. The molecule has 3 aromatic rings. The molecule has 0 aromatic heterocycles. The molecule has 1 aliphatic rings. The van der Waals surface area contributed by atoms with Crippen LogP contribution in [0.4, 0.5) is 0 Å². The molecule has 1 aliphatic heterocycles. The second-order valence-electron chi connectivity index (χ2n) is 9.78. The number of carboxylic acid groups (broad SMARTS) is 1. The summed E-state index contributed by atoms with van der Waals surface area (Å²) in [6.07, 6.45) is -1.77. The Balaban J connectivity index is 1.74. The lowest BCUT2D eigenvalue weighted by molar-refractivity contribution is -0.138. The fourth-order valence-electron chi connectivity index (χ4n) is 4.82. The third-order valence-corrected chi connectivity index (χ3v) is 9.03. The van der Waals surface area contributed by atoms with Crippen molar-refractivity contribution in [2.75, 3.05) is 13.1 Å². The highest BCUT2D eigenvalue weighted by atomic mass is 35.5. The highest BCUT2D eigenvalue weighted by molar-refractivity contribution is 7.88. The molecule has 0 saturated carbocycles. The maximum Gasteiger partial charge on any atom is 0.305 e. The van der Waals surface area contributed by atoms with Crippen molar-refractivity contribution >= 4 is 51.0 Å². The standard InChI is InChI=1S/C29H29Cl2N3O6S/c1-19-7-5-10-21(15-19)25(17-26(35)36)32-27(37)28-33(29(38)23-12-11-22(30)16-24(23)31)13-6-14-34(28)41(39,40)18-20-8-3-2-4-9-20/h2-5,7-12,15-16,25,28H,6,13-14,17-18H2,1H3,(H,32,37)(H,35,36). The van der Waals surface area contributed by atoms with E-state index in [1.165, 1.54) is 18.2 Å². The number of amides is 2. The van der Waals surface area contributed by atoms with E-state index in [-0.39, 0.29) is 30.1 Å². The van der Waals surface area contributed by atoms with Gasteiger partial charge in [-0.1, -0.05) is 83.4 Å². The van der Waals surface area contributed by atoms with Gasteiger partial charge in [-0.15, -0.1) is 0 Å². The maximum absolute atomic E-state index is 14.0. The Bertz CT molecular complexity index is 1550. The van der Waals surface area contributed by atoms with Crippen molar-refractivity contribution in [3.05, 3.63) is 105 Å². The van der Waals surface area contributed by atoms with Gasteiger partial charge in [0.25, 0.3) is 11.8 Å². The van der Waals surface area contributed by atoms with Gasteiger partial charge in [-0.25, -0.2) is 8.42 Å². The predicted octanol–water partition coefficient (Wildman–Crippen LogP) is 4.64. The van der Waals surface area contributed by atoms with Crippen molar-refractivity contribution in [2.24, 2.45) is 0 Å². The van der Waals surface area contributed by atoms with Gasteiger partial charge in [-0.2, -0.15) is 4.31 Å². The average Bonchev–Trinajstić information content (AvgIpc) is 2.92. The molecule has 2 amide bonds. The number of sulfonamides is 1. The number of nitrogens with zero attached hydrogens (tertiary/aromatic N) is 2. The Kier molecular flexibility index (Phi) is 9.70. The largest absolute Gasteiger partial charge is 0.481 e. The minimum atomic E-state index is -4.12. The Labute approximate surface area is 248 Å². The minimum Gasteiger partial charge on any atom is -0.481 e. The maximum atomic E-state index is 14.0. The molecule has 2 unspecified atom stereocenters. The number of carboxylic acids is 1. The molecular weight excluding hydrogens is 589 g/mol. The van der Waals surface area contributed by atoms with Gasteiger partial charge in [0, 0.05) is 18.1 Å². The molecule has 0 spiro atoms. The van der Waals surface area contributed by atoms with Gasteiger partial charge in [0.2, 0.25) is 10.0 Å². The summed E-state index contributed by atoms with van der Waals surface area (Å²) in [5, 5.41) is 12.6. The SMILES string of the molecule is Cc1cccc(C(CC(=O)O)NC(=O)C2N(C(=O)c3ccc(Cl)cc3Cl)CCCN2S(=O)(=O)Cc2ccccc2)c1. The summed E-state index contributed by atoms with van der Waals surface area (Å²) in [4.78, 5) is 40.6. The summed E-state index contributed by atoms with van der Waals surface area (Å²) in [5.74, 6) is -3.03. The molecule has 1 saturated heterocycles. The summed E-state index contributed by atoms with van der Waals surface area (Å²) in [6.45, 7) is 1.89. The summed E-state index contributed by atoms with van der Waals surface area (Å²) in [7, 11) is -4.12. The van der Waals surface area contributed by atoms with Crippen LogP contribution in [0.2, 0.25) is 10.0 Å². The van der Waals surface area contributed by atoms with E-state index < -0.39 is 52.2 Å². The van der Waals surface area contributed by atoms with E-state index in [1.54, 1.807) is 48.5 Å². The van der Waals surface area contributed by atoms with Crippen molar-refractivity contribution < 1.29 is 27.9 Å². The molecule has 0 radical (unpaired) electrons. The van der Waals surface area contributed by atoms with Crippen LogP contribution in [0.5, 0.6) is 0 Å². The quantitative estimate of drug-likeness (QED) is 0.360. The van der Waals surface area contributed by atoms with Gasteiger partial charge in [0.1, 0.15) is 0 Å². The Morgan fingerprint density at radius 1 is 1.00 bits per heavy atom. The molecule has 0 bridgehead atoms. The lowest BCUT2D eigenvalue weighted by atomic mass is 10.0. The number of aryl methyl sites for hydroxylation is 1. The van der Waals surface area contributed by atoms with Crippen LogP contribution in [0.25, 0.3) is 0 Å². The van der Waals surface area contributed by atoms with Gasteiger partial charge in [0.15, 0.2) is 6.17 Å². The molecule has 41 heavy (non-hydrogen) atoms. The molecule has 3 aromatic carbocycles. The number of hydrogen-bond donors (Lipinski definition) is 2. The molecule has 216 valence electrons. The number of rotatable bonds is 9. The van der Waals surface area contributed by atoms with Gasteiger partial charge in [-0.3, -0.25) is 14.4 Å². The lowest BCUT2D eigenvalue weighted by Gasteiger charge is -2.42. The van der Waals surface area contributed by atoms with Crippen LogP contribution in [0.1, 0.15) is 45.9 Å². The van der Waals surface area contributed by atoms with Gasteiger partial charge >= 0.3 is 5.97 Å². The number of carbonyl (C=O) groups excluding carboxylic acids is 2. The Morgan fingerprint density at radius 2 is 1.73 bits per heavy atom. The predicted molar refractivity (Wildman–Crippen MR) is 156 cm³/mol. The van der Waals surface area contributed by atoms with E-state index >= 15 is 0 Å². The molecular formula is C29H29Cl2N3O6S. The smallest absolute Gasteiger partial charge is 0.305 e. The Hall–Kier alpha value is -3.44. The van der Waals surface area contributed by atoms with Crippen molar-refractivity contribution in [3.8, 4) is 0 Å². The van der Waals surface area contributed by atoms with Crippen molar-refractivity contribution in [1.82, 2.24) is 14.5 Å². The first-order valence-electron chi connectivity index (χ1n) is 12.8. The van der Waals surface area contributed by atoms with E-state index in [0.717, 1.165) is 14.8 Å². The van der Waals surface area contributed by atoms with Gasteiger partial charge < -0.3 is 15.3 Å². The normalized spacial score (nSPS) is 16.7. The van der Waals surface area contributed by atoms with E-state index in [1.807, 2.05) is 13.0 Å². The molecule has 1 fully saturated rings. The summed E-state index contributed by atoms with van der Waals surface area (Å²) < 4.78 is 28.5. The minimum absolute atomic E-state index is 0.0145. The van der Waals surface area contributed by atoms with Crippen molar-refractivity contribution in [2.45, 2.75) is 37.7 Å². The van der Waals surface area contributed by atoms with Crippen LogP contribution in [-0.4, -0.2) is 59.8 Å². The molecule has 4 rings (SSSR count). The summed E-state index contributed by atoms with van der Waals surface area (Å²) in [5.41, 5.74) is 1.95. The molecule has 0 aliphatic carbocycles. The summed E-state index contributed by atoms with van der Waals surface area (Å²) >= 11 is 12.3. The molecule has 9 nitrogen and oxygen atoms in total. The van der Waals surface area contributed by atoms with Crippen LogP contribution in [-0.2, 0) is 25.4 Å². The third kappa shape index (κ3) is 7.45. The molecule has 12 heteroatoms. The fourth-order valence-corrected chi connectivity index (χ4v) is 7.01. The zero-order valence-electron chi connectivity index (χ0n) is 22.2. The van der Waals surface area contributed by atoms with Crippen LogP contribution in [0.15, 0.2) is 72.8 Å². The second kappa shape index (κ2) is 13.0. The first-order chi connectivity index (χ1) is 19.5. The number of halogens is 2. The second-order valence-corrected chi connectivity index (χ2v) is 12.5. The monoisotopic (exact) mass is 617 g/mol.